The number of hydrogen-bond acceptors (Lipinski definition) is 5. The van der Waals surface area contributed by atoms with E-state index >= 15 is 0 Å². The van der Waals surface area contributed by atoms with Gasteiger partial charge in [-0.3, -0.25) is 4.79 Å². The van der Waals surface area contributed by atoms with Gasteiger partial charge in [0.1, 0.15) is 0 Å². The smallest absolute Gasteiger partial charge is 0.337 e. The molecule has 1 aromatic carbocycles. The number of nitrogens with one attached hydrogen (secondary N) is 2. The zero-order valence-corrected chi connectivity index (χ0v) is 10.8. The third-order valence-electron chi connectivity index (χ3n) is 2.23. The van der Waals surface area contributed by atoms with Crippen molar-refractivity contribution >= 4 is 27.6 Å². The maximum atomic E-state index is 11.9. The first-order valence-electron chi connectivity index (χ1n) is 5.11. The molecule has 0 heterocycles. The van der Waals surface area contributed by atoms with E-state index in [4.69, 9.17) is 10.8 Å². The molecular formula is C10H13N3O5S. The van der Waals surface area contributed by atoms with Crippen LogP contribution in [-0.2, 0) is 14.8 Å². The van der Waals surface area contributed by atoms with Crippen molar-refractivity contribution in [1.29, 1.82) is 0 Å². The highest BCUT2D eigenvalue weighted by atomic mass is 32.2. The number of likely N-dealkylation sites (N-methyl/N-ethyl adjacent to an activating group) is 1. The van der Waals surface area contributed by atoms with Crippen LogP contribution in [0.1, 0.15) is 10.4 Å². The van der Waals surface area contributed by atoms with Crippen molar-refractivity contribution in [3.8, 4) is 0 Å². The minimum atomic E-state index is -4.11. The molecule has 9 heteroatoms. The van der Waals surface area contributed by atoms with Gasteiger partial charge in [0.2, 0.25) is 15.9 Å². The molecule has 0 aromatic heterocycles. The third kappa shape index (κ3) is 3.66. The van der Waals surface area contributed by atoms with Crippen LogP contribution < -0.4 is 15.8 Å². The summed E-state index contributed by atoms with van der Waals surface area (Å²) in [4.78, 5) is 21.5. The maximum Gasteiger partial charge on any atom is 0.337 e. The van der Waals surface area contributed by atoms with Gasteiger partial charge in [-0.2, -0.15) is 0 Å². The van der Waals surface area contributed by atoms with E-state index < -0.39 is 38.9 Å². The number of hydrogen-bond donors (Lipinski definition) is 4. The van der Waals surface area contributed by atoms with Gasteiger partial charge in [-0.05, 0) is 18.2 Å². The van der Waals surface area contributed by atoms with Crippen LogP contribution in [0.15, 0.2) is 23.1 Å². The Balaban J connectivity index is 3.14. The number of rotatable bonds is 5. The van der Waals surface area contributed by atoms with Gasteiger partial charge in [-0.25, -0.2) is 17.9 Å². The first-order chi connectivity index (χ1) is 8.77. The predicted octanol–water partition coefficient (Wildman–Crippen LogP) is -1.01. The number of anilines is 1. The number of carboxylic acid groups (broad SMARTS) is 1. The molecule has 1 amide bonds. The lowest BCUT2D eigenvalue weighted by Gasteiger charge is -2.09. The average Bonchev–Trinajstić information content (AvgIpc) is 2.35. The van der Waals surface area contributed by atoms with E-state index in [1.54, 1.807) is 0 Å². The Morgan fingerprint density at radius 1 is 1.37 bits per heavy atom. The van der Waals surface area contributed by atoms with E-state index in [-0.39, 0.29) is 5.69 Å². The van der Waals surface area contributed by atoms with Crippen molar-refractivity contribution < 1.29 is 23.1 Å². The van der Waals surface area contributed by atoms with Crippen LogP contribution in [0.3, 0.4) is 0 Å². The number of nitrogen functional groups attached to an aromatic ring is 1. The summed E-state index contributed by atoms with van der Waals surface area (Å²) < 4.78 is 25.8. The minimum absolute atomic E-state index is 0.127. The first-order valence-corrected chi connectivity index (χ1v) is 6.59. The summed E-state index contributed by atoms with van der Waals surface area (Å²) in [6, 6.07) is 3.38. The highest BCUT2D eigenvalue weighted by Crippen LogP contribution is 2.18. The fourth-order valence-corrected chi connectivity index (χ4v) is 2.44. The summed E-state index contributed by atoms with van der Waals surface area (Å²) in [5, 5.41) is 11.2. The SMILES string of the molecule is CNC(=O)CNS(=O)(=O)c1ccc(N)cc1C(=O)O. The van der Waals surface area contributed by atoms with Crippen LogP contribution in [0, 0.1) is 0 Å². The normalized spacial score (nSPS) is 11.0. The summed E-state index contributed by atoms with van der Waals surface area (Å²) in [6.45, 7) is -0.484. The number of carbonyl (C=O) groups excluding carboxylic acids is 1. The van der Waals surface area contributed by atoms with Gasteiger partial charge in [0.05, 0.1) is 17.0 Å². The standard InChI is InChI=1S/C10H13N3O5S/c1-12-9(14)5-13-19(17,18)8-3-2-6(11)4-7(8)10(15)16/h2-4,13H,5,11H2,1H3,(H,12,14)(H,15,16). The van der Waals surface area contributed by atoms with Crippen LogP contribution in [-0.4, -0.2) is 39.0 Å². The Kier molecular flexibility index (Phi) is 4.46. The molecule has 0 radical (unpaired) electrons. The van der Waals surface area contributed by atoms with Gasteiger partial charge in [-0.1, -0.05) is 0 Å². The first kappa shape index (κ1) is 14.9. The summed E-state index contributed by atoms with van der Waals surface area (Å²) in [6.07, 6.45) is 0. The van der Waals surface area contributed by atoms with Gasteiger partial charge in [0.25, 0.3) is 0 Å². The highest BCUT2D eigenvalue weighted by molar-refractivity contribution is 7.89. The number of benzene rings is 1. The van der Waals surface area contributed by atoms with Crippen LogP contribution in [0.25, 0.3) is 0 Å². The van der Waals surface area contributed by atoms with E-state index in [2.05, 4.69) is 5.32 Å². The van der Waals surface area contributed by atoms with Gasteiger partial charge < -0.3 is 16.2 Å². The molecule has 0 bridgehead atoms. The Bertz CT molecular complexity index is 612. The number of carboxylic acids is 1. The van der Waals surface area contributed by atoms with Crippen molar-refractivity contribution in [2.45, 2.75) is 4.90 Å². The maximum absolute atomic E-state index is 11.9. The number of amides is 1. The fraction of sp³-hybridized carbons (Fsp3) is 0.200. The van der Waals surface area contributed by atoms with E-state index in [1.807, 2.05) is 4.72 Å². The molecule has 0 saturated carbocycles. The topological polar surface area (TPSA) is 139 Å². The van der Waals surface area contributed by atoms with Gasteiger partial charge in [0.15, 0.2) is 0 Å². The fourth-order valence-electron chi connectivity index (χ4n) is 1.28. The van der Waals surface area contributed by atoms with Crippen LogP contribution in [0.5, 0.6) is 0 Å². The van der Waals surface area contributed by atoms with Gasteiger partial charge in [0, 0.05) is 12.7 Å². The molecule has 0 aliphatic rings. The second kappa shape index (κ2) is 5.67. The zero-order chi connectivity index (χ0) is 14.6. The molecule has 0 spiro atoms. The molecule has 0 fully saturated rings. The second-order valence-electron chi connectivity index (χ2n) is 3.56. The number of carbonyl (C=O) groups is 2. The number of nitrogens with two attached hydrogens (primary N) is 1. The molecule has 0 aliphatic heterocycles. The van der Waals surface area contributed by atoms with E-state index in [0.29, 0.717) is 0 Å². The molecule has 0 aliphatic carbocycles. The second-order valence-corrected chi connectivity index (χ2v) is 5.29. The monoisotopic (exact) mass is 287 g/mol. The lowest BCUT2D eigenvalue weighted by Crippen LogP contribution is -2.35. The Morgan fingerprint density at radius 3 is 2.53 bits per heavy atom. The van der Waals surface area contributed by atoms with Crippen molar-refractivity contribution in [2.75, 3.05) is 19.3 Å². The van der Waals surface area contributed by atoms with E-state index in [1.165, 1.54) is 13.1 Å². The molecule has 0 atom stereocenters. The van der Waals surface area contributed by atoms with Crippen molar-refractivity contribution in [3.63, 3.8) is 0 Å². The lowest BCUT2D eigenvalue weighted by molar-refractivity contribution is -0.119. The summed E-state index contributed by atoms with van der Waals surface area (Å²) >= 11 is 0. The van der Waals surface area contributed by atoms with E-state index in [0.717, 1.165) is 12.1 Å². The number of sulfonamides is 1. The molecule has 8 nitrogen and oxygen atoms in total. The molecule has 1 aromatic rings. The largest absolute Gasteiger partial charge is 0.478 e. The molecular weight excluding hydrogens is 274 g/mol. The highest BCUT2D eigenvalue weighted by Gasteiger charge is 2.22. The molecule has 0 unspecified atom stereocenters. The summed E-state index contributed by atoms with van der Waals surface area (Å²) in [5.41, 5.74) is 5.08. The van der Waals surface area contributed by atoms with Crippen molar-refractivity contribution in [3.05, 3.63) is 23.8 Å². The average molecular weight is 287 g/mol. The number of aromatic carboxylic acids is 1. The molecule has 0 saturated heterocycles. The quantitative estimate of drug-likeness (QED) is 0.512. The third-order valence-corrected chi connectivity index (χ3v) is 3.68. The van der Waals surface area contributed by atoms with Crippen LogP contribution in [0.2, 0.25) is 0 Å². The molecule has 19 heavy (non-hydrogen) atoms. The van der Waals surface area contributed by atoms with E-state index in [9.17, 15) is 18.0 Å². The van der Waals surface area contributed by atoms with Crippen molar-refractivity contribution in [2.24, 2.45) is 0 Å². The zero-order valence-electron chi connectivity index (χ0n) is 10.0. The predicted molar refractivity (Wildman–Crippen MR) is 67.1 cm³/mol. The molecule has 5 N–H and O–H groups in total. The van der Waals surface area contributed by atoms with Crippen LogP contribution in [0.4, 0.5) is 5.69 Å². The lowest BCUT2D eigenvalue weighted by atomic mass is 10.2. The summed E-state index contributed by atoms with van der Waals surface area (Å²) in [5.74, 6) is -1.97. The van der Waals surface area contributed by atoms with Crippen LogP contribution >= 0.6 is 0 Å². The Morgan fingerprint density at radius 2 is 2.00 bits per heavy atom. The van der Waals surface area contributed by atoms with Crippen molar-refractivity contribution in [1.82, 2.24) is 10.0 Å². The van der Waals surface area contributed by atoms with Gasteiger partial charge in [-0.15, -0.1) is 0 Å². The Hall–Kier alpha value is -2.13. The molecule has 104 valence electrons. The summed E-state index contributed by atoms with van der Waals surface area (Å²) in [7, 11) is -2.76. The molecule has 1 rings (SSSR count). The minimum Gasteiger partial charge on any atom is -0.478 e. The Labute approximate surface area is 109 Å². The van der Waals surface area contributed by atoms with Gasteiger partial charge >= 0.3 is 5.97 Å².